The Hall–Kier alpha value is -4.36. The first-order valence-electron chi connectivity index (χ1n) is 10.6. The van der Waals surface area contributed by atoms with E-state index < -0.39 is 28.7 Å². The Kier molecular flexibility index (Phi) is 5.34. The zero-order valence-electron chi connectivity index (χ0n) is 18.1. The number of hydrogen-bond donors (Lipinski definition) is 1. The van der Waals surface area contributed by atoms with Crippen molar-refractivity contribution in [3.63, 3.8) is 0 Å². The number of amidine groups is 2. The maximum Gasteiger partial charge on any atom is 0.324 e. The molecule has 0 bridgehead atoms. The molecule has 2 aliphatic rings. The first-order chi connectivity index (χ1) is 17.5. The second-order valence-electron chi connectivity index (χ2n) is 7.86. The topological polar surface area (TPSA) is 125 Å². The number of nitro groups is 1. The number of thiophene rings is 1. The largest absolute Gasteiger partial charge is 0.324 e. The number of hydrogen-bond acceptors (Lipinski definition) is 10. The first-order valence-corrected chi connectivity index (χ1v) is 12.3. The summed E-state index contributed by atoms with van der Waals surface area (Å²) in [5.74, 6) is -0.836. The van der Waals surface area contributed by atoms with E-state index in [2.05, 4.69) is 20.4 Å². The highest BCUT2D eigenvalue weighted by Crippen LogP contribution is 2.31. The number of aliphatic imine (C=N–C) groups is 2. The number of amides is 1. The minimum atomic E-state index is -0.626. The number of carbonyl (C=O) groups excluding carboxylic acids is 1. The van der Waals surface area contributed by atoms with Crippen LogP contribution in [0.1, 0.15) is 15.2 Å². The summed E-state index contributed by atoms with van der Waals surface area (Å²) in [6.45, 7) is 0. The van der Waals surface area contributed by atoms with Gasteiger partial charge in [0.25, 0.3) is 5.91 Å². The highest BCUT2D eigenvalue weighted by Gasteiger charge is 2.39. The molecule has 6 rings (SSSR count). The van der Waals surface area contributed by atoms with Gasteiger partial charge in [-0.1, -0.05) is 17.4 Å². The molecule has 10 nitrogen and oxygen atoms in total. The third-order valence-corrected chi connectivity index (χ3v) is 7.46. The molecule has 2 aromatic heterocycles. The molecule has 178 valence electrons. The van der Waals surface area contributed by atoms with Gasteiger partial charge < -0.3 is 5.32 Å². The van der Waals surface area contributed by atoms with Crippen LogP contribution >= 0.6 is 22.7 Å². The van der Waals surface area contributed by atoms with Crippen molar-refractivity contribution in [2.75, 3.05) is 5.01 Å². The maximum absolute atomic E-state index is 14.0. The van der Waals surface area contributed by atoms with Gasteiger partial charge in [0.1, 0.15) is 11.7 Å². The van der Waals surface area contributed by atoms with E-state index in [1.807, 2.05) is 18.2 Å². The molecule has 2 aromatic carbocycles. The van der Waals surface area contributed by atoms with Crippen molar-refractivity contribution in [2.45, 2.75) is 6.17 Å². The lowest BCUT2D eigenvalue weighted by molar-refractivity contribution is -0.380. The van der Waals surface area contributed by atoms with Crippen molar-refractivity contribution in [3.8, 4) is 0 Å². The Morgan fingerprint density at radius 3 is 2.86 bits per heavy atom. The van der Waals surface area contributed by atoms with Crippen LogP contribution < -0.4 is 10.3 Å². The lowest BCUT2D eigenvalue weighted by Gasteiger charge is -2.28. The number of rotatable bonds is 4. The summed E-state index contributed by atoms with van der Waals surface area (Å²) in [6, 6.07) is 14.3. The minimum Gasteiger partial charge on any atom is -0.309 e. The zero-order chi connectivity index (χ0) is 24.8. The average molecular weight is 520 g/mol. The molecule has 0 saturated carbocycles. The highest BCUT2D eigenvalue weighted by atomic mass is 32.1. The third-order valence-electron chi connectivity index (χ3n) is 5.62. The van der Waals surface area contributed by atoms with E-state index in [0.717, 1.165) is 21.6 Å². The number of anilines is 1. The number of carbonyl (C=O) groups is 1. The fourth-order valence-electron chi connectivity index (χ4n) is 3.94. The molecule has 0 aliphatic carbocycles. The number of benzene rings is 2. The van der Waals surface area contributed by atoms with Crippen LogP contribution in [0.4, 0.5) is 15.1 Å². The van der Waals surface area contributed by atoms with Crippen molar-refractivity contribution in [1.82, 2.24) is 10.3 Å². The number of nitrogens with one attached hydrogen (secondary N) is 1. The van der Waals surface area contributed by atoms with Crippen molar-refractivity contribution in [3.05, 3.63) is 86.5 Å². The normalized spacial score (nSPS) is 18.6. The molecule has 4 heterocycles. The summed E-state index contributed by atoms with van der Waals surface area (Å²) >= 11 is 2.29. The molecule has 1 N–H and O–H groups in total. The van der Waals surface area contributed by atoms with Gasteiger partial charge in [0, 0.05) is 17.8 Å². The van der Waals surface area contributed by atoms with Gasteiger partial charge in [-0.3, -0.25) is 14.9 Å². The lowest BCUT2D eigenvalue weighted by Crippen LogP contribution is -2.46. The van der Waals surface area contributed by atoms with E-state index in [4.69, 9.17) is 4.99 Å². The number of halogens is 1. The highest BCUT2D eigenvalue weighted by molar-refractivity contribution is 7.17. The molecular formula is C23H14FN7O3S2. The van der Waals surface area contributed by atoms with Gasteiger partial charge >= 0.3 is 5.00 Å². The average Bonchev–Trinajstić information content (AvgIpc) is 3.63. The molecule has 1 amide bonds. The number of thiazole rings is 1. The summed E-state index contributed by atoms with van der Waals surface area (Å²) in [6.07, 6.45) is 0.966. The first kappa shape index (κ1) is 22.1. The molecular weight excluding hydrogens is 505 g/mol. The Morgan fingerprint density at radius 1 is 1.17 bits per heavy atom. The molecule has 4 aromatic rings. The number of fused-ring (bicyclic) bond motifs is 2. The molecule has 0 saturated heterocycles. The molecule has 0 fully saturated rings. The van der Waals surface area contributed by atoms with Crippen LogP contribution in [0.5, 0.6) is 0 Å². The van der Waals surface area contributed by atoms with Crippen LogP contribution in [0.3, 0.4) is 0 Å². The van der Waals surface area contributed by atoms with Gasteiger partial charge in [-0.25, -0.2) is 24.4 Å². The van der Waals surface area contributed by atoms with Crippen molar-refractivity contribution >= 4 is 67.4 Å². The Balaban J connectivity index is 1.38. The second kappa shape index (κ2) is 8.70. The second-order valence-corrected chi connectivity index (χ2v) is 9.81. The van der Waals surface area contributed by atoms with Crippen molar-refractivity contribution in [1.29, 1.82) is 0 Å². The van der Waals surface area contributed by atoms with Gasteiger partial charge in [-0.05, 0) is 42.5 Å². The van der Waals surface area contributed by atoms with E-state index >= 15 is 0 Å². The van der Waals surface area contributed by atoms with Crippen LogP contribution in [-0.2, 0) is 0 Å². The predicted octanol–water partition coefficient (Wildman–Crippen LogP) is 4.44. The molecule has 0 radical (unpaired) electrons. The number of aromatic nitrogens is 1. The van der Waals surface area contributed by atoms with E-state index in [1.54, 1.807) is 28.9 Å². The van der Waals surface area contributed by atoms with Crippen LogP contribution in [0.2, 0.25) is 0 Å². The van der Waals surface area contributed by atoms with E-state index in [1.165, 1.54) is 35.6 Å². The van der Waals surface area contributed by atoms with Crippen LogP contribution in [-0.4, -0.2) is 39.9 Å². The predicted molar refractivity (Wildman–Crippen MR) is 137 cm³/mol. The third kappa shape index (κ3) is 3.93. The Labute approximate surface area is 210 Å². The van der Waals surface area contributed by atoms with Crippen molar-refractivity contribution in [2.24, 2.45) is 21.0 Å². The van der Waals surface area contributed by atoms with E-state index in [-0.39, 0.29) is 15.7 Å². The van der Waals surface area contributed by atoms with E-state index in [9.17, 15) is 19.3 Å². The summed E-state index contributed by atoms with van der Waals surface area (Å²) in [7, 11) is 0. The summed E-state index contributed by atoms with van der Waals surface area (Å²) < 4.78 is 15.0. The molecule has 2 atom stereocenters. The molecule has 13 heteroatoms. The Morgan fingerprint density at radius 2 is 2.06 bits per heavy atom. The minimum absolute atomic E-state index is 0.137. The number of hydrazone groups is 1. The molecule has 2 unspecified atom stereocenters. The van der Waals surface area contributed by atoms with Crippen LogP contribution in [0.15, 0.2) is 75.2 Å². The Bertz CT molecular complexity index is 1630. The lowest BCUT2D eigenvalue weighted by atomic mass is 10.0. The monoisotopic (exact) mass is 519 g/mol. The number of nitrogens with zero attached hydrogens (tertiary/aromatic N) is 6. The van der Waals surface area contributed by atoms with Gasteiger partial charge in [-0.2, -0.15) is 5.10 Å². The summed E-state index contributed by atoms with van der Waals surface area (Å²) in [4.78, 5) is 37.4. The van der Waals surface area contributed by atoms with Crippen molar-refractivity contribution < 1.29 is 14.1 Å². The van der Waals surface area contributed by atoms with E-state index in [0.29, 0.717) is 17.1 Å². The quantitative estimate of drug-likeness (QED) is 0.315. The molecule has 2 aliphatic heterocycles. The molecule has 36 heavy (non-hydrogen) atoms. The fraction of sp³-hybridized carbons (Fsp3) is 0.0870. The zero-order valence-corrected chi connectivity index (χ0v) is 19.7. The SMILES string of the molecule is O=C(NC1=NC(c2ccc3scnc3c2)=NC2C1C=NN2c1cccc(F)c1)c1ccc([N+](=O)[O-])s1. The summed E-state index contributed by atoms with van der Waals surface area (Å²) in [5.41, 5.74) is 3.73. The standard InChI is InChI=1S/C23H14FN7O3S2/c24-13-2-1-3-14(9-13)30-22-15(10-26-30)21(29-23(32)18-6-7-19(36-18)31(33)34)27-20(28-22)12-4-5-17-16(8-12)25-11-35-17/h1-11,15,22H,(H,27,28,29,32). The summed E-state index contributed by atoms with van der Waals surface area (Å²) in [5, 5.41) is 19.7. The smallest absolute Gasteiger partial charge is 0.309 e. The van der Waals surface area contributed by atoms with Gasteiger partial charge in [-0.15, -0.1) is 11.3 Å². The van der Waals surface area contributed by atoms with Gasteiger partial charge in [0.15, 0.2) is 12.0 Å². The van der Waals surface area contributed by atoms with Gasteiger partial charge in [0.05, 0.1) is 37.1 Å². The van der Waals surface area contributed by atoms with Crippen LogP contribution in [0.25, 0.3) is 10.2 Å². The van der Waals surface area contributed by atoms with Gasteiger partial charge in [0.2, 0.25) is 0 Å². The fourth-order valence-corrected chi connectivity index (χ4v) is 5.32. The molecule has 0 spiro atoms. The maximum atomic E-state index is 14.0. The van der Waals surface area contributed by atoms with Crippen LogP contribution in [0, 0.1) is 21.8 Å².